The van der Waals surface area contributed by atoms with Gasteiger partial charge in [-0.3, -0.25) is 14.8 Å². The molecule has 4 rings (SSSR count). The first-order chi connectivity index (χ1) is 14.6. The van der Waals surface area contributed by atoms with E-state index < -0.39 is 30.1 Å². The van der Waals surface area contributed by atoms with Gasteiger partial charge < -0.3 is 0 Å². The summed E-state index contributed by atoms with van der Waals surface area (Å²) in [5.74, 6) is -1.19. The van der Waals surface area contributed by atoms with E-state index in [9.17, 15) is 22.4 Å². The minimum Gasteiger partial charge on any atom is -0.292 e. The Bertz CT molecular complexity index is 1140. The number of rotatable bonds is 6. The molecule has 0 radical (unpaired) electrons. The van der Waals surface area contributed by atoms with Gasteiger partial charge in [-0.25, -0.2) is 14.1 Å². The number of carbonyl (C=O) groups excluding carboxylic acids is 1. The molecule has 164 valence electrons. The van der Waals surface area contributed by atoms with Gasteiger partial charge in [0, 0.05) is 10.9 Å². The fourth-order valence-corrected chi connectivity index (χ4v) is 4.11. The molecule has 3 aromatic rings. The highest BCUT2D eigenvalue weighted by Crippen LogP contribution is 2.46. The molecule has 2 aromatic heterocycles. The summed E-state index contributed by atoms with van der Waals surface area (Å²) in [5, 5.41) is 10.3. The lowest BCUT2D eigenvalue weighted by Crippen LogP contribution is -2.22. The number of carbonyl (C=O) groups is 1. The highest BCUT2D eigenvalue weighted by atomic mass is 79.9. The van der Waals surface area contributed by atoms with Crippen molar-refractivity contribution < 1.29 is 22.4 Å². The van der Waals surface area contributed by atoms with Crippen LogP contribution in [-0.2, 0) is 24.1 Å². The summed E-state index contributed by atoms with van der Waals surface area (Å²) in [7, 11) is 0. The predicted molar refractivity (Wildman–Crippen MR) is 106 cm³/mol. The van der Waals surface area contributed by atoms with Gasteiger partial charge in [-0.15, -0.1) is 5.10 Å². The number of hydrogen-bond acceptors (Lipinski definition) is 4. The highest BCUT2D eigenvalue weighted by molar-refractivity contribution is 9.10. The fourth-order valence-electron chi connectivity index (χ4n) is 3.05. The van der Waals surface area contributed by atoms with E-state index in [-0.39, 0.29) is 27.9 Å². The summed E-state index contributed by atoms with van der Waals surface area (Å²) in [4.78, 5) is 16.3. The van der Waals surface area contributed by atoms with Crippen LogP contribution in [0.15, 0.2) is 29.0 Å². The molecule has 0 atom stereocenters. The Balaban J connectivity index is 1.45. The summed E-state index contributed by atoms with van der Waals surface area (Å²) < 4.78 is 55.0. The molecule has 0 unspecified atom stereocenters. The van der Waals surface area contributed by atoms with Crippen molar-refractivity contribution in [3.05, 3.63) is 56.8 Å². The van der Waals surface area contributed by atoms with Gasteiger partial charge in [0.25, 0.3) is 0 Å². The van der Waals surface area contributed by atoms with Crippen LogP contribution < -0.4 is 5.32 Å². The molecule has 7 nitrogen and oxygen atoms in total. The van der Waals surface area contributed by atoms with E-state index in [4.69, 9.17) is 11.6 Å². The maximum Gasteiger partial charge on any atom is 0.436 e. The monoisotopic (exact) mass is 520 g/mol. The highest BCUT2D eigenvalue weighted by Gasteiger charge is 2.42. The number of halogens is 6. The molecule has 1 aliphatic rings. The van der Waals surface area contributed by atoms with Gasteiger partial charge in [0.15, 0.2) is 5.69 Å². The SMILES string of the molecule is O=C(Cn1nc(C(F)(F)F)c(Br)c1C1CC1)Nc1ncn(Cc2ccc(F)cc2Cl)n1. The van der Waals surface area contributed by atoms with Crippen LogP contribution in [0.1, 0.15) is 35.7 Å². The van der Waals surface area contributed by atoms with Gasteiger partial charge in [0.1, 0.15) is 18.7 Å². The molecular weight excluding hydrogens is 508 g/mol. The lowest BCUT2D eigenvalue weighted by atomic mass is 10.2. The van der Waals surface area contributed by atoms with Gasteiger partial charge in [0.2, 0.25) is 11.9 Å². The second-order valence-corrected chi connectivity index (χ2v) is 8.23. The van der Waals surface area contributed by atoms with Crippen molar-refractivity contribution in [3.8, 4) is 0 Å². The first-order valence-electron chi connectivity index (χ1n) is 9.08. The van der Waals surface area contributed by atoms with Crippen LogP contribution in [0, 0.1) is 5.82 Å². The van der Waals surface area contributed by atoms with E-state index >= 15 is 0 Å². The number of alkyl halides is 3. The molecule has 2 heterocycles. The zero-order chi connectivity index (χ0) is 22.3. The van der Waals surface area contributed by atoms with E-state index in [1.807, 2.05) is 0 Å². The largest absolute Gasteiger partial charge is 0.436 e. The Morgan fingerprint density at radius 2 is 2.03 bits per heavy atom. The van der Waals surface area contributed by atoms with Crippen LogP contribution >= 0.6 is 27.5 Å². The maximum absolute atomic E-state index is 13.2. The number of nitrogens with zero attached hydrogens (tertiary/aromatic N) is 5. The van der Waals surface area contributed by atoms with Crippen LogP contribution in [0.25, 0.3) is 0 Å². The van der Waals surface area contributed by atoms with Crippen molar-refractivity contribution in [2.75, 3.05) is 5.32 Å². The lowest BCUT2D eigenvalue weighted by Gasteiger charge is -2.06. The molecule has 1 aliphatic carbocycles. The van der Waals surface area contributed by atoms with E-state index in [1.54, 1.807) is 0 Å². The van der Waals surface area contributed by atoms with Crippen molar-refractivity contribution in [2.45, 2.75) is 38.0 Å². The Labute approximate surface area is 186 Å². The average molecular weight is 522 g/mol. The topological polar surface area (TPSA) is 77.6 Å². The summed E-state index contributed by atoms with van der Waals surface area (Å²) in [6.45, 7) is -0.228. The van der Waals surface area contributed by atoms with Crippen molar-refractivity contribution in [1.29, 1.82) is 0 Å². The minimum atomic E-state index is -4.63. The molecule has 1 amide bonds. The fraction of sp³-hybridized carbons (Fsp3) is 0.333. The molecule has 1 saturated carbocycles. The number of nitrogens with one attached hydrogen (secondary N) is 1. The summed E-state index contributed by atoms with van der Waals surface area (Å²) >= 11 is 8.97. The van der Waals surface area contributed by atoms with Crippen LogP contribution in [0.2, 0.25) is 5.02 Å². The molecule has 0 bridgehead atoms. The van der Waals surface area contributed by atoms with Crippen LogP contribution in [0.5, 0.6) is 0 Å². The average Bonchev–Trinajstić information content (AvgIpc) is 3.31. The number of hydrogen-bond donors (Lipinski definition) is 1. The van der Waals surface area contributed by atoms with Crippen molar-refractivity contribution in [2.24, 2.45) is 0 Å². The Hall–Kier alpha value is -2.47. The third-order valence-electron chi connectivity index (χ3n) is 4.59. The van der Waals surface area contributed by atoms with E-state index in [0.29, 0.717) is 11.3 Å². The van der Waals surface area contributed by atoms with Gasteiger partial charge in [-0.2, -0.15) is 18.3 Å². The molecule has 0 saturated heterocycles. The second kappa shape index (κ2) is 8.23. The predicted octanol–water partition coefficient (Wildman–Crippen LogP) is 4.61. The van der Waals surface area contributed by atoms with Crippen LogP contribution in [0.4, 0.5) is 23.5 Å². The normalized spacial score (nSPS) is 14.1. The lowest BCUT2D eigenvalue weighted by molar-refractivity contribution is -0.142. The molecular formula is C18H14BrClF4N6O. The van der Waals surface area contributed by atoms with Crippen molar-refractivity contribution >= 4 is 39.4 Å². The zero-order valence-electron chi connectivity index (χ0n) is 15.6. The first-order valence-corrected chi connectivity index (χ1v) is 10.3. The maximum atomic E-state index is 13.2. The molecule has 1 N–H and O–H groups in total. The zero-order valence-corrected chi connectivity index (χ0v) is 18.0. The second-order valence-electron chi connectivity index (χ2n) is 7.03. The summed E-state index contributed by atoms with van der Waals surface area (Å²) in [6, 6.07) is 3.94. The van der Waals surface area contributed by atoms with Gasteiger partial charge in [0.05, 0.1) is 16.7 Å². The van der Waals surface area contributed by atoms with E-state index in [0.717, 1.165) is 17.5 Å². The minimum absolute atomic E-state index is 0.0292. The third-order valence-corrected chi connectivity index (χ3v) is 5.73. The van der Waals surface area contributed by atoms with Crippen molar-refractivity contribution in [3.63, 3.8) is 0 Å². The van der Waals surface area contributed by atoms with Crippen LogP contribution in [0.3, 0.4) is 0 Å². The van der Waals surface area contributed by atoms with Gasteiger partial charge in [-0.1, -0.05) is 17.7 Å². The molecule has 1 fully saturated rings. The molecule has 0 aliphatic heterocycles. The molecule has 0 spiro atoms. The Kier molecular flexibility index (Phi) is 5.77. The summed E-state index contributed by atoms with van der Waals surface area (Å²) in [5.41, 5.74) is -0.103. The van der Waals surface area contributed by atoms with E-state index in [2.05, 4.69) is 36.4 Å². The smallest absolute Gasteiger partial charge is 0.292 e. The quantitative estimate of drug-likeness (QED) is 0.481. The first kappa shape index (κ1) is 21.8. The standard InChI is InChI=1S/C18H14BrClF4N6O/c19-14-15(9-1-2-9)30(27-16(14)18(22,23)24)7-13(31)26-17-25-8-29(28-17)6-10-3-4-11(21)5-12(10)20/h3-5,8-9H,1-2,6-7H2,(H,26,28,31). The van der Waals surface area contributed by atoms with E-state index in [1.165, 1.54) is 29.2 Å². The van der Waals surface area contributed by atoms with Crippen molar-refractivity contribution in [1.82, 2.24) is 24.5 Å². The summed E-state index contributed by atoms with van der Waals surface area (Å²) in [6.07, 6.45) is -1.81. The number of amides is 1. The van der Waals surface area contributed by atoms with Gasteiger partial charge in [-0.05, 0) is 46.5 Å². The van der Waals surface area contributed by atoms with Crippen LogP contribution in [-0.4, -0.2) is 30.5 Å². The number of anilines is 1. The molecule has 31 heavy (non-hydrogen) atoms. The number of aromatic nitrogens is 5. The number of benzene rings is 1. The third kappa shape index (κ3) is 4.90. The van der Waals surface area contributed by atoms with Gasteiger partial charge >= 0.3 is 6.18 Å². The molecule has 13 heteroatoms. The molecule has 1 aromatic carbocycles. The Morgan fingerprint density at radius 1 is 1.29 bits per heavy atom. The Morgan fingerprint density at radius 3 is 2.68 bits per heavy atom.